The fourth-order valence-electron chi connectivity index (χ4n) is 4.08. The Kier molecular flexibility index (Phi) is 10.2. The number of nitrogens with one attached hydrogen (secondary N) is 1. The van der Waals surface area contributed by atoms with Gasteiger partial charge in [0, 0.05) is 31.6 Å². The second-order valence-electron chi connectivity index (χ2n) is 9.05. The molecule has 0 unspecified atom stereocenters. The third kappa shape index (κ3) is 8.37. The molecule has 1 N–H and O–H groups in total. The fourth-order valence-corrected chi connectivity index (χ4v) is 4.92. The van der Waals surface area contributed by atoms with Gasteiger partial charge in [-0.2, -0.15) is 0 Å². The van der Waals surface area contributed by atoms with Crippen molar-refractivity contribution in [3.8, 4) is 0 Å². The lowest BCUT2D eigenvalue weighted by Gasteiger charge is -2.33. The van der Waals surface area contributed by atoms with Crippen molar-refractivity contribution in [2.75, 3.05) is 23.7 Å². The topological polar surface area (TPSA) is 130 Å². The second kappa shape index (κ2) is 13.5. The minimum Gasteiger partial charge on any atom is -0.354 e. The van der Waals surface area contributed by atoms with Crippen molar-refractivity contribution in [1.82, 2.24) is 10.2 Å². The van der Waals surface area contributed by atoms with Crippen LogP contribution in [0.15, 0.2) is 84.9 Å². The standard InChI is InChI=1S/C28H32N4O6S/c1-3-17-29-28(34)26(18-22-11-6-4-7-12-22)30(20-23-13-8-5-9-14-23)27(33)21-31(39(2,37)38)24-15-10-16-25(19-24)32(35)36/h4-16,19,26H,3,17-18,20-21H2,1-2H3,(H,29,34)/t26-/m0/s1. The van der Waals surface area contributed by atoms with Crippen molar-refractivity contribution < 1.29 is 22.9 Å². The zero-order chi connectivity index (χ0) is 28.4. The van der Waals surface area contributed by atoms with E-state index in [0.717, 1.165) is 27.8 Å². The number of nitro groups is 1. The van der Waals surface area contributed by atoms with Crippen molar-refractivity contribution in [2.45, 2.75) is 32.4 Å². The number of carbonyl (C=O) groups excluding carboxylic acids is 2. The van der Waals surface area contributed by atoms with Gasteiger partial charge in [-0.3, -0.25) is 24.0 Å². The largest absolute Gasteiger partial charge is 0.354 e. The molecule has 206 valence electrons. The molecule has 0 bridgehead atoms. The van der Waals surface area contributed by atoms with Gasteiger partial charge >= 0.3 is 0 Å². The Bertz CT molecular complexity index is 1380. The van der Waals surface area contributed by atoms with Crippen molar-refractivity contribution in [3.63, 3.8) is 0 Å². The highest BCUT2D eigenvalue weighted by atomic mass is 32.2. The molecule has 0 heterocycles. The van der Waals surface area contributed by atoms with Crippen LogP contribution in [0.4, 0.5) is 11.4 Å². The van der Waals surface area contributed by atoms with Crippen LogP contribution in [0.3, 0.4) is 0 Å². The first kappa shape index (κ1) is 29.3. The molecule has 0 saturated carbocycles. The van der Waals surface area contributed by atoms with Crippen LogP contribution in [0.25, 0.3) is 0 Å². The summed E-state index contributed by atoms with van der Waals surface area (Å²) in [6, 6.07) is 22.5. The number of nitro benzene ring substituents is 1. The lowest BCUT2D eigenvalue weighted by molar-refractivity contribution is -0.384. The fraction of sp³-hybridized carbons (Fsp3) is 0.286. The van der Waals surface area contributed by atoms with Crippen LogP contribution in [-0.4, -0.2) is 55.4 Å². The SMILES string of the molecule is CCCNC(=O)[C@H](Cc1ccccc1)N(Cc1ccccc1)C(=O)CN(c1cccc([N+](=O)[O-])c1)S(C)(=O)=O. The van der Waals surface area contributed by atoms with Gasteiger partial charge in [-0.15, -0.1) is 0 Å². The van der Waals surface area contributed by atoms with E-state index in [0.29, 0.717) is 13.0 Å². The summed E-state index contributed by atoms with van der Waals surface area (Å²) in [6.45, 7) is 1.76. The molecular weight excluding hydrogens is 520 g/mol. The van der Waals surface area contributed by atoms with E-state index in [9.17, 15) is 28.1 Å². The van der Waals surface area contributed by atoms with Gasteiger partial charge in [-0.25, -0.2) is 8.42 Å². The summed E-state index contributed by atoms with van der Waals surface area (Å²) in [4.78, 5) is 39.4. The molecule has 0 spiro atoms. The van der Waals surface area contributed by atoms with Crippen molar-refractivity contribution in [1.29, 1.82) is 0 Å². The van der Waals surface area contributed by atoms with Gasteiger partial charge in [-0.05, 0) is 23.6 Å². The molecular formula is C28H32N4O6S. The normalized spacial score (nSPS) is 11.8. The Labute approximate surface area is 228 Å². The van der Waals surface area contributed by atoms with Gasteiger partial charge in [0.2, 0.25) is 21.8 Å². The molecule has 0 radical (unpaired) electrons. The predicted molar refractivity (Wildman–Crippen MR) is 150 cm³/mol. The number of nitrogens with zero attached hydrogens (tertiary/aromatic N) is 3. The van der Waals surface area contributed by atoms with Gasteiger partial charge in [0.15, 0.2) is 0 Å². The Morgan fingerprint density at radius 2 is 1.56 bits per heavy atom. The van der Waals surface area contributed by atoms with Gasteiger partial charge in [-0.1, -0.05) is 73.7 Å². The lowest BCUT2D eigenvalue weighted by atomic mass is 10.0. The summed E-state index contributed by atoms with van der Waals surface area (Å²) in [7, 11) is -4.02. The molecule has 0 saturated heterocycles. The number of non-ortho nitro benzene ring substituents is 1. The molecule has 0 aliphatic rings. The molecule has 2 amide bonds. The predicted octanol–water partition coefficient (Wildman–Crippen LogP) is 3.53. The number of rotatable bonds is 13. The number of hydrogen-bond acceptors (Lipinski definition) is 6. The minimum absolute atomic E-state index is 0.0187. The number of benzene rings is 3. The Balaban J connectivity index is 2.04. The van der Waals surface area contributed by atoms with Crippen LogP contribution in [0, 0.1) is 10.1 Å². The Morgan fingerprint density at radius 1 is 0.949 bits per heavy atom. The van der Waals surface area contributed by atoms with Gasteiger partial charge < -0.3 is 10.2 Å². The molecule has 0 fully saturated rings. The average Bonchev–Trinajstić information content (AvgIpc) is 2.92. The van der Waals surface area contributed by atoms with Crippen molar-refractivity contribution >= 4 is 33.2 Å². The summed E-state index contributed by atoms with van der Waals surface area (Å²) in [5.41, 5.74) is 1.26. The zero-order valence-corrected chi connectivity index (χ0v) is 22.7. The van der Waals surface area contributed by atoms with E-state index < -0.39 is 33.4 Å². The molecule has 3 rings (SSSR count). The average molecular weight is 553 g/mol. The van der Waals surface area contributed by atoms with E-state index in [-0.39, 0.29) is 30.2 Å². The first-order chi connectivity index (χ1) is 18.6. The maximum atomic E-state index is 13.9. The van der Waals surface area contributed by atoms with Crippen molar-refractivity contribution in [2.24, 2.45) is 0 Å². The molecule has 3 aromatic rings. The van der Waals surface area contributed by atoms with Gasteiger partial charge in [0.1, 0.15) is 12.6 Å². The third-order valence-corrected chi connectivity index (χ3v) is 7.16. The Morgan fingerprint density at radius 3 is 2.13 bits per heavy atom. The van der Waals surface area contributed by atoms with Crippen LogP contribution >= 0.6 is 0 Å². The number of carbonyl (C=O) groups is 2. The van der Waals surface area contributed by atoms with Crippen LogP contribution in [0.5, 0.6) is 0 Å². The number of amides is 2. The van der Waals surface area contributed by atoms with Gasteiger partial charge in [0.05, 0.1) is 16.9 Å². The first-order valence-corrected chi connectivity index (χ1v) is 14.3. The van der Waals surface area contributed by atoms with E-state index in [1.807, 2.05) is 67.6 Å². The van der Waals surface area contributed by atoms with E-state index in [4.69, 9.17) is 0 Å². The van der Waals surface area contributed by atoms with Crippen molar-refractivity contribution in [3.05, 3.63) is 106 Å². The van der Waals surface area contributed by atoms with E-state index >= 15 is 0 Å². The van der Waals surface area contributed by atoms with E-state index in [2.05, 4.69) is 5.32 Å². The highest BCUT2D eigenvalue weighted by molar-refractivity contribution is 7.92. The summed E-state index contributed by atoms with van der Waals surface area (Å²) >= 11 is 0. The van der Waals surface area contributed by atoms with Crippen LogP contribution < -0.4 is 9.62 Å². The monoisotopic (exact) mass is 552 g/mol. The first-order valence-electron chi connectivity index (χ1n) is 12.5. The molecule has 1 atom stereocenters. The summed E-state index contributed by atoms with van der Waals surface area (Å²) in [6.07, 6.45) is 1.84. The number of hydrogen-bond donors (Lipinski definition) is 1. The highest BCUT2D eigenvalue weighted by Crippen LogP contribution is 2.24. The molecule has 10 nitrogen and oxygen atoms in total. The summed E-state index contributed by atoms with van der Waals surface area (Å²) in [5, 5.41) is 14.2. The van der Waals surface area contributed by atoms with E-state index in [1.165, 1.54) is 23.1 Å². The van der Waals surface area contributed by atoms with E-state index in [1.54, 1.807) is 0 Å². The highest BCUT2D eigenvalue weighted by Gasteiger charge is 2.33. The maximum Gasteiger partial charge on any atom is 0.271 e. The number of anilines is 1. The second-order valence-corrected chi connectivity index (χ2v) is 11.0. The minimum atomic E-state index is -4.02. The molecule has 0 aromatic heterocycles. The third-order valence-electron chi connectivity index (χ3n) is 6.02. The molecule has 11 heteroatoms. The summed E-state index contributed by atoms with van der Waals surface area (Å²) < 4.78 is 26.4. The summed E-state index contributed by atoms with van der Waals surface area (Å²) in [5.74, 6) is -0.977. The maximum absolute atomic E-state index is 13.9. The quantitative estimate of drug-likeness (QED) is 0.255. The number of sulfonamides is 1. The smallest absolute Gasteiger partial charge is 0.271 e. The molecule has 3 aromatic carbocycles. The Hall–Kier alpha value is -4.25. The van der Waals surface area contributed by atoms with Crippen LogP contribution in [-0.2, 0) is 32.6 Å². The zero-order valence-electron chi connectivity index (χ0n) is 21.9. The molecule has 39 heavy (non-hydrogen) atoms. The van der Waals surface area contributed by atoms with Crippen LogP contribution in [0.1, 0.15) is 24.5 Å². The molecule has 0 aliphatic carbocycles. The van der Waals surface area contributed by atoms with Crippen LogP contribution in [0.2, 0.25) is 0 Å². The van der Waals surface area contributed by atoms with Gasteiger partial charge in [0.25, 0.3) is 5.69 Å². The molecule has 0 aliphatic heterocycles. The lowest BCUT2D eigenvalue weighted by Crippen LogP contribution is -2.53.